The summed E-state index contributed by atoms with van der Waals surface area (Å²) in [5.74, 6) is -0.310. The number of nitrogens with one attached hydrogen (secondary N) is 2. The van der Waals surface area contributed by atoms with E-state index >= 15 is 0 Å². The van der Waals surface area contributed by atoms with Crippen LogP contribution in [0.3, 0.4) is 0 Å². The lowest BCUT2D eigenvalue weighted by molar-refractivity contribution is 0.102. The van der Waals surface area contributed by atoms with Crippen molar-refractivity contribution in [3.05, 3.63) is 57.5 Å². The highest BCUT2D eigenvalue weighted by Gasteiger charge is 2.08. The van der Waals surface area contributed by atoms with Crippen LogP contribution in [0.5, 0.6) is 0 Å². The SMILES string of the molecule is CN(C)c1ccc(NC(=O)c2ccc(=O)[nH]c2)cc1Cl. The number of hydrogen-bond acceptors (Lipinski definition) is 3. The molecule has 1 aromatic carbocycles. The van der Waals surface area contributed by atoms with E-state index in [1.54, 1.807) is 12.1 Å². The number of aromatic nitrogens is 1. The summed E-state index contributed by atoms with van der Waals surface area (Å²) >= 11 is 6.13. The molecule has 0 aliphatic carbocycles. The third kappa shape index (κ3) is 3.19. The molecule has 0 fully saturated rings. The molecule has 2 N–H and O–H groups in total. The van der Waals surface area contributed by atoms with Crippen molar-refractivity contribution in [3.8, 4) is 0 Å². The first-order valence-corrected chi connectivity index (χ1v) is 6.32. The molecule has 2 aromatic rings. The highest BCUT2D eigenvalue weighted by atomic mass is 35.5. The van der Waals surface area contributed by atoms with Crippen LogP contribution in [0.4, 0.5) is 11.4 Å². The van der Waals surface area contributed by atoms with Crippen molar-refractivity contribution in [2.24, 2.45) is 0 Å². The van der Waals surface area contributed by atoms with E-state index in [0.29, 0.717) is 16.3 Å². The van der Waals surface area contributed by atoms with Crippen LogP contribution in [0.25, 0.3) is 0 Å². The highest BCUT2D eigenvalue weighted by Crippen LogP contribution is 2.27. The van der Waals surface area contributed by atoms with Gasteiger partial charge in [0, 0.05) is 32.0 Å². The Morgan fingerprint density at radius 2 is 2.00 bits per heavy atom. The Balaban J connectivity index is 2.18. The number of carbonyl (C=O) groups is 1. The molecular weight excluding hydrogens is 278 g/mol. The molecule has 2 rings (SSSR count). The molecule has 0 atom stereocenters. The Kier molecular flexibility index (Phi) is 4.10. The summed E-state index contributed by atoms with van der Waals surface area (Å²) < 4.78 is 0. The fourth-order valence-electron chi connectivity index (χ4n) is 1.70. The number of nitrogens with zero attached hydrogens (tertiary/aromatic N) is 1. The highest BCUT2D eigenvalue weighted by molar-refractivity contribution is 6.33. The first-order chi connectivity index (χ1) is 9.47. The smallest absolute Gasteiger partial charge is 0.257 e. The van der Waals surface area contributed by atoms with Crippen molar-refractivity contribution in [2.75, 3.05) is 24.3 Å². The van der Waals surface area contributed by atoms with Crippen molar-refractivity contribution in [1.29, 1.82) is 0 Å². The summed E-state index contributed by atoms with van der Waals surface area (Å²) in [4.78, 5) is 27.2. The maximum Gasteiger partial charge on any atom is 0.257 e. The Morgan fingerprint density at radius 3 is 2.55 bits per heavy atom. The number of halogens is 1. The van der Waals surface area contributed by atoms with Crippen molar-refractivity contribution in [2.45, 2.75) is 0 Å². The van der Waals surface area contributed by atoms with Gasteiger partial charge < -0.3 is 15.2 Å². The number of H-pyrrole nitrogens is 1. The molecule has 0 aliphatic heterocycles. The number of pyridine rings is 1. The van der Waals surface area contributed by atoms with Gasteiger partial charge in [0.2, 0.25) is 5.56 Å². The van der Waals surface area contributed by atoms with Crippen molar-refractivity contribution < 1.29 is 4.79 Å². The lowest BCUT2D eigenvalue weighted by Crippen LogP contribution is -2.15. The summed E-state index contributed by atoms with van der Waals surface area (Å²) in [6.07, 6.45) is 1.37. The van der Waals surface area contributed by atoms with Crippen LogP contribution in [0, 0.1) is 0 Å². The second-order valence-corrected chi connectivity index (χ2v) is 4.86. The number of benzene rings is 1. The van der Waals surface area contributed by atoms with Crippen molar-refractivity contribution in [3.63, 3.8) is 0 Å². The number of carbonyl (C=O) groups excluding carboxylic acids is 1. The average Bonchev–Trinajstić information content (AvgIpc) is 2.39. The zero-order valence-electron chi connectivity index (χ0n) is 11.1. The second-order valence-electron chi connectivity index (χ2n) is 4.46. The summed E-state index contributed by atoms with van der Waals surface area (Å²) in [7, 11) is 3.78. The molecule has 0 radical (unpaired) electrons. The third-order valence-electron chi connectivity index (χ3n) is 2.73. The van der Waals surface area contributed by atoms with E-state index in [1.165, 1.54) is 18.3 Å². The molecule has 0 unspecified atom stereocenters. The maximum atomic E-state index is 12.0. The molecule has 20 heavy (non-hydrogen) atoms. The molecule has 1 amide bonds. The minimum absolute atomic E-state index is 0.250. The molecular formula is C14H14ClN3O2. The molecule has 104 valence electrons. The summed E-state index contributed by atoms with van der Waals surface area (Å²) in [6.45, 7) is 0. The van der Waals surface area contributed by atoms with E-state index in [0.717, 1.165) is 5.69 Å². The molecule has 0 spiro atoms. The van der Waals surface area contributed by atoms with Crippen LogP contribution in [-0.4, -0.2) is 25.0 Å². The molecule has 0 saturated carbocycles. The monoisotopic (exact) mass is 291 g/mol. The zero-order chi connectivity index (χ0) is 14.7. The number of hydrogen-bond donors (Lipinski definition) is 2. The van der Waals surface area contributed by atoms with Crippen LogP contribution in [0.2, 0.25) is 5.02 Å². The van der Waals surface area contributed by atoms with E-state index < -0.39 is 0 Å². The lowest BCUT2D eigenvalue weighted by atomic mass is 10.2. The minimum Gasteiger partial charge on any atom is -0.376 e. The summed E-state index contributed by atoms with van der Waals surface area (Å²) in [5.41, 5.74) is 1.59. The minimum atomic E-state index is -0.310. The van der Waals surface area contributed by atoms with E-state index in [9.17, 15) is 9.59 Å². The number of anilines is 2. The average molecular weight is 292 g/mol. The molecule has 0 bridgehead atoms. The van der Waals surface area contributed by atoms with E-state index in [-0.39, 0.29) is 11.5 Å². The Hall–Kier alpha value is -2.27. The van der Waals surface area contributed by atoms with Crippen molar-refractivity contribution >= 4 is 28.9 Å². The van der Waals surface area contributed by atoms with Crippen LogP contribution in [0.15, 0.2) is 41.3 Å². The van der Waals surface area contributed by atoms with Gasteiger partial charge in [0.25, 0.3) is 5.91 Å². The van der Waals surface area contributed by atoms with E-state index in [2.05, 4.69) is 10.3 Å². The number of aromatic amines is 1. The first-order valence-electron chi connectivity index (χ1n) is 5.94. The van der Waals surface area contributed by atoms with Crippen LogP contribution in [-0.2, 0) is 0 Å². The quantitative estimate of drug-likeness (QED) is 0.912. The molecule has 0 saturated heterocycles. The van der Waals surface area contributed by atoms with Crippen LogP contribution in [0.1, 0.15) is 10.4 Å². The summed E-state index contributed by atoms with van der Waals surface area (Å²) in [6, 6.07) is 8.04. The largest absolute Gasteiger partial charge is 0.376 e. The normalized spacial score (nSPS) is 10.2. The zero-order valence-corrected chi connectivity index (χ0v) is 11.9. The molecule has 5 nitrogen and oxygen atoms in total. The van der Waals surface area contributed by atoms with E-state index in [1.807, 2.05) is 25.1 Å². The van der Waals surface area contributed by atoms with Gasteiger partial charge in [0.15, 0.2) is 0 Å². The van der Waals surface area contributed by atoms with Gasteiger partial charge in [-0.2, -0.15) is 0 Å². The van der Waals surface area contributed by atoms with Gasteiger partial charge in [-0.1, -0.05) is 11.6 Å². The summed E-state index contributed by atoms with van der Waals surface area (Å²) in [5, 5.41) is 3.27. The second kappa shape index (κ2) is 5.79. The molecule has 1 aromatic heterocycles. The predicted octanol–water partition coefficient (Wildman–Crippen LogP) is 2.35. The lowest BCUT2D eigenvalue weighted by Gasteiger charge is -2.15. The third-order valence-corrected chi connectivity index (χ3v) is 3.04. The predicted molar refractivity (Wildman–Crippen MR) is 80.8 cm³/mol. The maximum absolute atomic E-state index is 12.0. The van der Waals surface area contributed by atoms with Crippen molar-refractivity contribution in [1.82, 2.24) is 4.98 Å². The van der Waals surface area contributed by atoms with Gasteiger partial charge in [-0.25, -0.2) is 0 Å². The number of amides is 1. The topological polar surface area (TPSA) is 65.2 Å². The Morgan fingerprint density at radius 1 is 1.25 bits per heavy atom. The van der Waals surface area contributed by atoms with Crippen LogP contribution < -0.4 is 15.8 Å². The fourth-order valence-corrected chi connectivity index (χ4v) is 2.05. The van der Waals surface area contributed by atoms with Gasteiger partial charge in [0.1, 0.15) is 0 Å². The van der Waals surface area contributed by atoms with Gasteiger partial charge in [0.05, 0.1) is 16.3 Å². The number of rotatable bonds is 3. The molecule has 6 heteroatoms. The van der Waals surface area contributed by atoms with Gasteiger partial charge in [-0.15, -0.1) is 0 Å². The molecule has 1 heterocycles. The first kappa shape index (κ1) is 14.1. The van der Waals surface area contributed by atoms with Gasteiger partial charge in [-0.05, 0) is 24.3 Å². The fraction of sp³-hybridized carbons (Fsp3) is 0.143. The molecule has 0 aliphatic rings. The Bertz CT molecular complexity index is 675. The standard InChI is InChI=1S/C14H14ClN3O2/c1-18(2)12-5-4-10(7-11(12)15)17-14(20)9-3-6-13(19)16-8-9/h3-8H,1-2H3,(H,16,19)(H,17,20). The van der Waals surface area contributed by atoms with Crippen LogP contribution >= 0.6 is 11.6 Å². The Labute approximate surface area is 121 Å². The van der Waals surface area contributed by atoms with Gasteiger partial charge >= 0.3 is 0 Å². The van der Waals surface area contributed by atoms with Gasteiger partial charge in [-0.3, -0.25) is 9.59 Å². The van der Waals surface area contributed by atoms with E-state index in [4.69, 9.17) is 11.6 Å².